The highest BCUT2D eigenvalue weighted by atomic mass is 79.9. The summed E-state index contributed by atoms with van der Waals surface area (Å²) in [7, 11) is 1.91. The van der Waals surface area contributed by atoms with Crippen molar-refractivity contribution >= 4 is 21.6 Å². The third kappa shape index (κ3) is 2.48. The number of hydrogen-bond acceptors (Lipinski definition) is 3. The fourth-order valence-electron chi connectivity index (χ4n) is 1.79. The maximum absolute atomic E-state index is 11.5. The molecule has 0 aromatic carbocycles. The van der Waals surface area contributed by atoms with Crippen molar-refractivity contribution in [2.75, 3.05) is 5.73 Å². The lowest BCUT2D eigenvalue weighted by Crippen LogP contribution is -2.14. The standard InChI is InChI=1S/C12H15BrN4O/c1-3-8-4-9(16(2)15-8)5-17-6-10(13)12(18)11(14)7-17/h4,6-7H,3,5,14H2,1-2H3. The number of hydrogen-bond donors (Lipinski definition) is 1. The van der Waals surface area contributed by atoms with E-state index in [9.17, 15) is 4.79 Å². The van der Waals surface area contributed by atoms with Gasteiger partial charge in [0.15, 0.2) is 0 Å². The Bertz CT molecular complexity index is 603. The summed E-state index contributed by atoms with van der Waals surface area (Å²) in [4.78, 5) is 11.5. The average Bonchev–Trinajstić information content (AvgIpc) is 2.67. The molecule has 0 aliphatic heterocycles. The van der Waals surface area contributed by atoms with E-state index in [2.05, 4.69) is 34.0 Å². The van der Waals surface area contributed by atoms with E-state index < -0.39 is 0 Å². The Hall–Kier alpha value is -1.56. The molecule has 96 valence electrons. The Balaban J connectivity index is 2.34. The van der Waals surface area contributed by atoms with E-state index in [0.29, 0.717) is 11.0 Å². The second kappa shape index (κ2) is 4.97. The fraction of sp³-hybridized carbons (Fsp3) is 0.333. The smallest absolute Gasteiger partial charge is 0.218 e. The first kappa shape index (κ1) is 12.9. The molecular weight excluding hydrogens is 296 g/mol. The van der Waals surface area contributed by atoms with Gasteiger partial charge in [0.25, 0.3) is 0 Å². The van der Waals surface area contributed by atoms with Crippen LogP contribution in [0.1, 0.15) is 18.3 Å². The number of nitrogen functional groups attached to an aromatic ring is 1. The van der Waals surface area contributed by atoms with Crippen molar-refractivity contribution in [1.29, 1.82) is 0 Å². The molecule has 6 heteroatoms. The molecule has 0 aliphatic rings. The van der Waals surface area contributed by atoms with E-state index >= 15 is 0 Å². The summed E-state index contributed by atoms with van der Waals surface area (Å²) in [6.07, 6.45) is 4.28. The number of aromatic nitrogens is 3. The normalized spacial score (nSPS) is 10.8. The number of aryl methyl sites for hydroxylation is 2. The lowest BCUT2D eigenvalue weighted by atomic mass is 10.3. The van der Waals surface area contributed by atoms with Crippen LogP contribution < -0.4 is 11.2 Å². The molecule has 0 bridgehead atoms. The molecule has 2 rings (SSSR count). The second-order valence-corrected chi connectivity index (χ2v) is 5.02. The van der Waals surface area contributed by atoms with Crippen LogP contribution in [0.25, 0.3) is 0 Å². The lowest BCUT2D eigenvalue weighted by molar-refractivity contribution is 0.658. The van der Waals surface area contributed by atoms with Crippen molar-refractivity contribution in [3.05, 3.63) is 44.5 Å². The molecule has 0 aliphatic carbocycles. The van der Waals surface area contributed by atoms with Gasteiger partial charge >= 0.3 is 0 Å². The Labute approximate surface area is 113 Å². The maximum atomic E-state index is 11.5. The van der Waals surface area contributed by atoms with Gasteiger partial charge in [-0.3, -0.25) is 9.48 Å². The average molecular weight is 311 g/mol. The van der Waals surface area contributed by atoms with Crippen molar-refractivity contribution in [3.63, 3.8) is 0 Å². The summed E-state index contributed by atoms with van der Waals surface area (Å²) < 4.78 is 4.19. The van der Waals surface area contributed by atoms with Crippen molar-refractivity contribution < 1.29 is 0 Å². The number of anilines is 1. The van der Waals surface area contributed by atoms with Gasteiger partial charge in [-0.15, -0.1) is 0 Å². The molecule has 0 fully saturated rings. The first-order chi connectivity index (χ1) is 8.51. The summed E-state index contributed by atoms with van der Waals surface area (Å²) in [5.41, 5.74) is 7.85. The van der Waals surface area contributed by atoms with Crippen LogP contribution in [0.5, 0.6) is 0 Å². The summed E-state index contributed by atoms with van der Waals surface area (Å²) in [6, 6.07) is 2.06. The summed E-state index contributed by atoms with van der Waals surface area (Å²) in [5, 5.41) is 4.39. The Morgan fingerprint density at radius 2 is 2.17 bits per heavy atom. The number of halogens is 1. The van der Waals surface area contributed by atoms with Crippen LogP contribution in [-0.2, 0) is 20.0 Å². The molecule has 0 saturated heterocycles. The minimum absolute atomic E-state index is 0.175. The summed E-state index contributed by atoms with van der Waals surface area (Å²) in [6.45, 7) is 2.70. The molecule has 2 heterocycles. The number of rotatable bonds is 3. The maximum Gasteiger partial charge on any atom is 0.218 e. The minimum Gasteiger partial charge on any atom is -0.394 e. The predicted molar refractivity (Wildman–Crippen MR) is 74.5 cm³/mol. The third-order valence-electron chi connectivity index (χ3n) is 2.80. The number of pyridine rings is 1. The van der Waals surface area contributed by atoms with Crippen molar-refractivity contribution in [3.8, 4) is 0 Å². The highest BCUT2D eigenvalue weighted by molar-refractivity contribution is 9.10. The molecule has 2 N–H and O–H groups in total. The molecule has 5 nitrogen and oxygen atoms in total. The second-order valence-electron chi connectivity index (χ2n) is 4.17. The van der Waals surface area contributed by atoms with Gasteiger partial charge in [-0.2, -0.15) is 5.10 Å². The van der Waals surface area contributed by atoms with Crippen LogP contribution in [0, 0.1) is 0 Å². The van der Waals surface area contributed by atoms with Gasteiger partial charge in [0.1, 0.15) is 0 Å². The van der Waals surface area contributed by atoms with Crippen LogP contribution >= 0.6 is 15.9 Å². The van der Waals surface area contributed by atoms with E-state index in [4.69, 9.17) is 5.73 Å². The lowest BCUT2D eigenvalue weighted by Gasteiger charge is -2.08. The van der Waals surface area contributed by atoms with Crippen LogP contribution in [0.15, 0.2) is 27.7 Å². The van der Waals surface area contributed by atoms with Crippen LogP contribution in [-0.4, -0.2) is 14.3 Å². The van der Waals surface area contributed by atoms with Gasteiger partial charge in [0.2, 0.25) is 5.43 Å². The van der Waals surface area contributed by atoms with Crippen molar-refractivity contribution in [2.45, 2.75) is 19.9 Å². The highest BCUT2D eigenvalue weighted by Gasteiger charge is 2.06. The number of nitrogens with two attached hydrogens (primary N) is 1. The van der Waals surface area contributed by atoms with Crippen LogP contribution in [0.2, 0.25) is 0 Å². The summed E-state index contributed by atoms with van der Waals surface area (Å²) in [5.74, 6) is 0. The largest absolute Gasteiger partial charge is 0.394 e. The SMILES string of the molecule is CCc1cc(Cn2cc(N)c(=O)c(Br)c2)n(C)n1. The first-order valence-corrected chi connectivity index (χ1v) is 6.47. The zero-order valence-electron chi connectivity index (χ0n) is 10.4. The summed E-state index contributed by atoms with van der Waals surface area (Å²) >= 11 is 3.21. The number of nitrogens with zero attached hydrogens (tertiary/aromatic N) is 3. The van der Waals surface area contributed by atoms with E-state index in [1.54, 1.807) is 12.4 Å². The van der Waals surface area contributed by atoms with E-state index in [-0.39, 0.29) is 11.1 Å². The van der Waals surface area contributed by atoms with Gasteiger partial charge < -0.3 is 10.3 Å². The zero-order chi connectivity index (χ0) is 13.3. The fourth-order valence-corrected chi connectivity index (χ4v) is 2.28. The first-order valence-electron chi connectivity index (χ1n) is 5.68. The van der Waals surface area contributed by atoms with Gasteiger partial charge in [0.05, 0.1) is 28.1 Å². The van der Waals surface area contributed by atoms with Gasteiger partial charge in [-0.25, -0.2) is 0 Å². The zero-order valence-corrected chi connectivity index (χ0v) is 11.9. The van der Waals surface area contributed by atoms with Crippen molar-refractivity contribution in [1.82, 2.24) is 14.3 Å². The van der Waals surface area contributed by atoms with E-state index in [1.807, 2.05) is 16.3 Å². The van der Waals surface area contributed by atoms with Gasteiger partial charge in [0, 0.05) is 19.4 Å². The molecular formula is C12H15BrN4O. The van der Waals surface area contributed by atoms with Crippen LogP contribution in [0.3, 0.4) is 0 Å². The van der Waals surface area contributed by atoms with E-state index in [1.165, 1.54) is 0 Å². The quantitative estimate of drug-likeness (QED) is 0.935. The Morgan fingerprint density at radius 1 is 1.44 bits per heavy atom. The topological polar surface area (TPSA) is 65.8 Å². The monoisotopic (exact) mass is 310 g/mol. The molecule has 0 radical (unpaired) electrons. The Kier molecular flexibility index (Phi) is 3.56. The van der Waals surface area contributed by atoms with Gasteiger partial charge in [-0.05, 0) is 28.4 Å². The van der Waals surface area contributed by atoms with Crippen molar-refractivity contribution in [2.24, 2.45) is 7.05 Å². The van der Waals surface area contributed by atoms with Crippen LogP contribution in [0.4, 0.5) is 5.69 Å². The Morgan fingerprint density at radius 3 is 2.72 bits per heavy atom. The third-order valence-corrected chi connectivity index (χ3v) is 3.36. The molecule has 0 saturated carbocycles. The molecule has 18 heavy (non-hydrogen) atoms. The molecule has 0 spiro atoms. The molecule has 0 unspecified atom stereocenters. The molecule has 2 aromatic rings. The predicted octanol–water partition coefficient (Wildman–Crippen LogP) is 1.54. The van der Waals surface area contributed by atoms with E-state index in [0.717, 1.165) is 17.8 Å². The minimum atomic E-state index is -0.175. The molecule has 0 atom stereocenters. The highest BCUT2D eigenvalue weighted by Crippen LogP contribution is 2.10. The van der Waals surface area contributed by atoms with Gasteiger partial charge in [-0.1, -0.05) is 6.92 Å². The molecule has 0 amide bonds. The molecule has 2 aromatic heterocycles.